The monoisotopic (exact) mass is 304 g/mol. The Labute approximate surface area is 124 Å². The van der Waals surface area contributed by atoms with Crippen LogP contribution in [-0.4, -0.2) is 20.5 Å². The maximum absolute atomic E-state index is 12.8. The number of benzene rings is 1. The van der Waals surface area contributed by atoms with Crippen LogP contribution in [0.4, 0.5) is 4.39 Å². The molecule has 0 fully saturated rings. The largest absolute Gasteiger partial charge is 0.350 e. The number of halogens is 1. The number of aromatic nitrogens is 3. The van der Waals surface area contributed by atoms with Crippen molar-refractivity contribution < 1.29 is 9.18 Å². The van der Waals surface area contributed by atoms with Gasteiger partial charge in [0.15, 0.2) is 0 Å². The van der Waals surface area contributed by atoms with Crippen molar-refractivity contribution in [1.82, 2.24) is 19.9 Å². The van der Waals surface area contributed by atoms with Crippen molar-refractivity contribution >= 4 is 22.2 Å². The minimum Gasteiger partial charge on any atom is -0.350 e. The smallest absolute Gasteiger partial charge is 0.224 e. The SMILES string of the molecule is Cc1nn2cc(CNC(=O)Cc3ccc(F)cc3)nc2s1. The van der Waals surface area contributed by atoms with Gasteiger partial charge in [0.05, 0.1) is 24.9 Å². The standard InChI is InChI=1S/C14H13FN4OS/c1-9-18-19-8-12(17-14(19)21-9)7-16-13(20)6-10-2-4-11(15)5-3-10/h2-5,8H,6-7H2,1H3,(H,16,20). The van der Waals surface area contributed by atoms with Crippen molar-refractivity contribution in [2.24, 2.45) is 0 Å². The van der Waals surface area contributed by atoms with Crippen molar-refractivity contribution in [3.05, 3.63) is 52.5 Å². The van der Waals surface area contributed by atoms with E-state index in [4.69, 9.17) is 0 Å². The highest BCUT2D eigenvalue weighted by Crippen LogP contribution is 2.13. The van der Waals surface area contributed by atoms with Crippen molar-refractivity contribution in [1.29, 1.82) is 0 Å². The molecule has 0 atom stereocenters. The van der Waals surface area contributed by atoms with E-state index < -0.39 is 0 Å². The Bertz CT molecular complexity index is 746. The van der Waals surface area contributed by atoms with E-state index in [-0.39, 0.29) is 18.1 Å². The van der Waals surface area contributed by atoms with E-state index >= 15 is 0 Å². The molecule has 0 aliphatic carbocycles. The first kappa shape index (κ1) is 13.7. The Kier molecular flexibility index (Phi) is 3.66. The van der Waals surface area contributed by atoms with Crippen LogP contribution in [0, 0.1) is 12.7 Å². The third-order valence-electron chi connectivity index (χ3n) is 2.94. The summed E-state index contributed by atoms with van der Waals surface area (Å²) >= 11 is 1.50. The molecule has 21 heavy (non-hydrogen) atoms. The number of carbonyl (C=O) groups excluding carboxylic acids is 1. The summed E-state index contributed by atoms with van der Waals surface area (Å²) in [5, 5.41) is 8.01. The van der Waals surface area contributed by atoms with Gasteiger partial charge < -0.3 is 5.32 Å². The van der Waals surface area contributed by atoms with Gasteiger partial charge in [0, 0.05) is 0 Å². The third-order valence-corrected chi connectivity index (χ3v) is 3.78. The van der Waals surface area contributed by atoms with Gasteiger partial charge in [0.25, 0.3) is 0 Å². The first-order valence-corrected chi connectivity index (χ1v) is 7.24. The van der Waals surface area contributed by atoms with Gasteiger partial charge in [-0.2, -0.15) is 5.10 Å². The fraction of sp³-hybridized carbons (Fsp3) is 0.214. The van der Waals surface area contributed by atoms with Gasteiger partial charge >= 0.3 is 0 Å². The van der Waals surface area contributed by atoms with Crippen LogP contribution in [0.5, 0.6) is 0 Å². The number of fused-ring (bicyclic) bond motifs is 1. The number of rotatable bonds is 4. The average molecular weight is 304 g/mol. The maximum atomic E-state index is 12.8. The molecule has 2 aromatic heterocycles. The summed E-state index contributed by atoms with van der Waals surface area (Å²) in [6.07, 6.45) is 2.02. The minimum atomic E-state index is -0.306. The number of imidazole rings is 1. The normalized spacial score (nSPS) is 11.0. The van der Waals surface area contributed by atoms with Crippen LogP contribution in [0.2, 0.25) is 0 Å². The molecule has 1 amide bonds. The average Bonchev–Trinajstić information content (AvgIpc) is 2.96. The molecule has 0 unspecified atom stereocenters. The highest BCUT2D eigenvalue weighted by Gasteiger charge is 2.08. The summed E-state index contributed by atoms with van der Waals surface area (Å²) < 4.78 is 14.5. The van der Waals surface area contributed by atoms with Crippen LogP contribution in [0.15, 0.2) is 30.5 Å². The second-order valence-electron chi connectivity index (χ2n) is 4.66. The predicted octanol–water partition coefficient (Wildman–Crippen LogP) is 2.10. The number of carbonyl (C=O) groups is 1. The third kappa shape index (κ3) is 3.25. The predicted molar refractivity (Wildman–Crippen MR) is 77.6 cm³/mol. The molecular formula is C14H13FN4OS. The molecule has 5 nitrogen and oxygen atoms in total. The molecule has 0 aliphatic heterocycles. The van der Waals surface area contributed by atoms with Gasteiger partial charge in [-0.25, -0.2) is 13.9 Å². The van der Waals surface area contributed by atoms with Gasteiger partial charge in [0.1, 0.15) is 10.8 Å². The van der Waals surface area contributed by atoms with Crippen LogP contribution in [0.3, 0.4) is 0 Å². The topological polar surface area (TPSA) is 59.3 Å². The number of amides is 1. The molecule has 0 radical (unpaired) electrons. The van der Waals surface area contributed by atoms with Crippen LogP contribution in [0.1, 0.15) is 16.3 Å². The zero-order valence-corrected chi connectivity index (χ0v) is 12.2. The second-order valence-corrected chi connectivity index (χ2v) is 5.82. The van der Waals surface area contributed by atoms with Crippen molar-refractivity contribution in [3.63, 3.8) is 0 Å². The minimum absolute atomic E-state index is 0.123. The van der Waals surface area contributed by atoms with Crippen LogP contribution in [-0.2, 0) is 17.8 Å². The molecule has 0 bridgehead atoms. The Morgan fingerprint density at radius 2 is 2.14 bits per heavy atom. The fourth-order valence-corrected chi connectivity index (χ4v) is 2.71. The Hall–Kier alpha value is -2.28. The lowest BCUT2D eigenvalue weighted by molar-refractivity contribution is -0.120. The van der Waals surface area contributed by atoms with E-state index in [0.29, 0.717) is 6.54 Å². The van der Waals surface area contributed by atoms with E-state index in [1.807, 2.05) is 6.92 Å². The van der Waals surface area contributed by atoms with Gasteiger partial charge in [0.2, 0.25) is 10.9 Å². The fourth-order valence-electron chi connectivity index (χ4n) is 1.97. The lowest BCUT2D eigenvalue weighted by Crippen LogP contribution is -2.24. The van der Waals surface area contributed by atoms with Gasteiger partial charge in [-0.3, -0.25) is 4.79 Å². The van der Waals surface area contributed by atoms with Crippen molar-refractivity contribution in [2.75, 3.05) is 0 Å². The van der Waals surface area contributed by atoms with Crippen LogP contribution in [0.25, 0.3) is 4.96 Å². The molecule has 0 spiro atoms. The van der Waals surface area contributed by atoms with Gasteiger partial charge in [-0.05, 0) is 24.6 Å². The summed E-state index contributed by atoms with van der Waals surface area (Å²) in [7, 11) is 0. The molecule has 2 heterocycles. The number of nitrogens with zero attached hydrogens (tertiary/aromatic N) is 3. The van der Waals surface area contributed by atoms with Crippen LogP contribution < -0.4 is 5.32 Å². The van der Waals surface area contributed by atoms with E-state index in [2.05, 4.69) is 15.4 Å². The number of nitrogens with one attached hydrogen (secondary N) is 1. The number of hydrogen-bond acceptors (Lipinski definition) is 4. The summed E-state index contributed by atoms with van der Waals surface area (Å²) in [6.45, 7) is 2.28. The molecule has 0 saturated heterocycles. The highest BCUT2D eigenvalue weighted by molar-refractivity contribution is 7.16. The zero-order chi connectivity index (χ0) is 14.8. The molecule has 108 valence electrons. The Balaban J connectivity index is 1.57. The molecule has 1 aromatic carbocycles. The lowest BCUT2D eigenvalue weighted by atomic mass is 10.1. The highest BCUT2D eigenvalue weighted by atomic mass is 32.1. The first-order chi connectivity index (χ1) is 10.1. The summed E-state index contributed by atoms with van der Waals surface area (Å²) in [4.78, 5) is 17.0. The molecular weight excluding hydrogens is 291 g/mol. The zero-order valence-electron chi connectivity index (χ0n) is 11.3. The van der Waals surface area contributed by atoms with E-state index in [9.17, 15) is 9.18 Å². The van der Waals surface area contributed by atoms with Crippen molar-refractivity contribution in [2.45, 2.75) is 19.9 Å². The van der Waals surface area contributed by atoms with Gasteiger partial charge in [-0.1, -0.05) is 23.5 Å². The van der Waals surface area contributed by atoms with Crippen LogP contribution >= 0.6 is 11.3 Å². The summed E-state index contributed by atoms with van der Waals surface area (Å²) in [5.41, 5.74) is 1.54. The second kappa shape index (κ2) is 5.61. The maximum Gasteiger partial charge on any atom is 0.224 e. The number of hydrogen-bond donors (Lipinski definition) is 1. The number of aryl methyl sites for hydroxylation is 1. The quantitative estimate of drug-likeness (QED) is 0.803. The Morgan fingerprint density at radius 3 is 2.86 bits per heavy atom. The van der Waals surface area contributed by atoms with E-state index in [1.54, 1.807) is 22.8 Å². The molecule has 3 rings (SSSR count). The molecule has 0 aliphatic rings. The van der Waals surface area contributed by atoms with Gasteiger partial charge in [-0.15, -0.1) is 0 Å². The lowest BCUT2D eigenvalue weighted by Gasteiger charge is -2.03. The summed E-state index contributed by atoms with van der Waals surface area (Å²) in [6, 6.07) is 5.91. The molecule has 0 saturated carbocycles. The summed E-state index contributed by atoms with van der Waals surface area (Å²) in [5.74, 6) is -0.429. The molecule has 3 aromatic rings. The Morgan fingerprint density at radius 1 is 1.38 bits per heavy atom. The van der Waals surface area contributed by atoms with E-state index in [1.165, 1.54) is 23.5 Å². The molecule has 7 heteroatoms. The van der Waals surface area contributed by atoms with Crippen molar-refractivity contribution in [3.8, 4) is 0 Å². The van der Waals surface area contributed by atoms with E-state index in [0.717, 1.165) is 21.2 Å². The molecule has 1 N–H and O–H groups in total. The first-order valence-electron chi connectivity index (χ1n) is 6.43.